The summed E-state index contributed by atoms with van der Waals surface area (Å²) in [4.78, 5) is 3.64. The Balaban J connectivity index is 3.27. The molecule has 1 heterocycles. The molecule has 1 rings (SSSR count). The Morgan fingerprint density at radius 2 is 2.21 bits per heavy atom. The topological polar surface area (TPSA) is 59.1 Å². The molecule has 0 aromatic carbocycles. The van der Waals surface area contributed by atoms with E-state index in [1.165, 1.54) is 6.07 Å². The van der Waals surface area contributed by atoms with Crippen LogP contribution in [0, 0.1) is 3.57 Å². The van der Waals surface area contributed by atoms with Crippen molar-refractivity contribution in [1.82, 2.24) is 4.98 Å². The zero-order valence-corrected chi connectivity index (χ0v) is 9.33. The van der Waals surface area contributed by atoms with Gasteiger partial charge in [-0.05, 0) is 34.2 Å². The highest BCUT2D eigenvalue weighted by molar-refractivity contribution is 14.1. The molecule has 0 bridgehead atoms. The van der Waals surface area contributed by atoms with Crippen molar-refractivity contribution in [3.8, 4) is 0 Å². The molecule has 0 saturated heterocycles. The number of rotatable bonds is 3. The summed E-state index contributed by atoms with van der Waals surface area (Å²) in [5, 5.41) is 8.80. The van der Waals surface area contributed by atoms with E-state index in [1.807, 2.05) is 0 Å². The first kappa shape index (κ1) is 11.7. The Morgan fingerprint density at radius 3 is 2.64 bits per heavy atom. The highest BCUT2D eigenvalue weighted by atomic mass is 127. The van der Waals surface area contributed by atoms with E-state index in [9.17, 15) is 8.78 Å². The maximum Gasteiger partial charge on any atom is 0.281 e. The molecule has 0 amide bonds. The average molecular weight is 314 g/mol. The van der Waals surface area contributed by atoms with Gasteiger partial charge in [0.05, 0.1) is 12.3 Å². The number of halogens is 3. The van der Waals surface area contributed by atoms with Crippen LogP contribution in [0.3, 0.4) is 0 Å². The van der Waals surface area contributed by atoms with Gasteiger partial charge >= 0.3 is 0 Å². The molecule has 0 atom stereocenters. The number of hydrogen-bond acceptors (Lipinski definition) is 3. The lowest BCUT2D eigenvalue weighted by Gasteiger charge is -2.09. The molecule has 6 heteroatoms. The van der Waals surface area contributed by atoms with Crippen LogP contribution in [0.25, 0.3) is 0 Å². The summed E-state index contributed by atoms with van der Waals surface area (Å²) in [7, 11) is 0. The first-order valence-electron chi connectivity index (χ1n) is 3.87. The van der Waals surface area contributed by atoms with Crippen LogP contribution in [0.5, 0.6) is 0 Å². The molecular weight excluding hydrogens is 305 g/mol. The minimum absolute atomic E-state index is 0.160. The molecule has 3 N–H and O–H groups in total. The molecule has 0 aliphatic heterocycles. The molecule has 0 radical (unpaired) electrons. The summed E-state index contributed by atoms with van der Waals surface area (Å²) in [6, 6.07) is 1.54. The fourth-order valence-corrected chi connectivity index (χ4v) is 1.77. The number of nitrogens with zero attached hydrogens (tertiary/aromatic N) is 1. The summed E-state index contributed by atoms with van der Waals surface area (Å²) in [6.45, 7) is -0.197. The fraction of sp³-hybridized carbons (Fsp3) is 0.375. The molecule has 0 aliphatic carbocycles. The monoisotopic (exact) mass is 314 g/mol. The van der Waals surface area contributed by atoms with Gasteiger partial charge in [0.2, 0.25) is 0 Å². The van der Waals surface area contributed by atoms with E-state index in [0.29, 0.717) is 9.13 Å². The minimum Gasteiger partial charge on any atom is -0.390 e. The number of nitrogens with two attached hydrogens (primary N) is 1. The lowest BCUT2D eigenvalue weighted by molar-refractivity contribution is 0.144. The highest BCUT2D eigenvalue weighted by Gasteiger charge is 2.17. The van der Waals surface area contributed by atoms with Crippen molar-refractivity contribution in [2.24, 2.45) is 5.73 Å². The smallest absolute Gasteiger partial charge is 0.281 e. The normalized spacial score (nSPS) is 11.0. The van der Waals surface area contributed by atoms with Gasteiger partial charge < -0.3 is 10.8 Å². The third kappa shape index (κ3) is 2.37. The number of hydrogen-bond donors (Lipinski definition) is 2. The predicted octanol–water partition coefficient (Wildman–Crippen LogP) is 1.57. The highest BCUT2D eigenvalue weighted by Crippen LogP contribution is 2.25. The van der Waals surface area contributed by atoms with Crippen LogP contribution >= 0.6 is 22.6 Å². The van der Waals surface area contributed by atoms with E-state index in [2.05, 4.69) is 4.98 Å². The maximum absolute atomic E-state index is 12.5. The SMILES string of the molecule is NCc1cc(CO)nc(C(F)F)c1I. The quantitative estimate of drug-likeness (QED) is 0.833. The Morgan fingerprint density at radius 1 is 1.57 bits per heavy atom. The first-order chi connectivity index (χ1) is 6.60. The zero-order valence-electron chi connectivity index (χ0n) is 7.17. The third-order valence-corrected chi connectivity index (χ3v) is 2.95. The molecule has 1 aromatic rings. The lowest BCUT2D eigenvalue weighted by Crippen LogP contribution is -2.07. The Bertz CT molecular complexity index is 333. The number of aliphatic hydroxyl groups is 1. The van der Waals surface area contributed by atoms with Gasteiger partial charge in [0, 0.05) is 10.1 Å². The van der Waals surface area contributed by atoms with Gasteiger partial charge in [0.25, 0.3) is 6.43 Å². The van der Waals surface area contributed by atoms with Gasteiger partial charge in [-0.25, -0.2) is 13.8 Å². The standard InChI is InChI=1S/C8H9F2IN2O/c9-8(10)7-6(11)4(2-12)1-5(3-14)13-7/h1,8,14H,2-3,12H2. The Kier molecular flexibility index (Phi) is 4.14. The van der Waals surface area contributed by atoms with Gasteiger partial charge in [-0.15, -0.1) is 0 Å². The third-order valence-electron chi connectivity index (χ3n) is 1.70. The molecule has 0 spiro atoms. The van der Waals surface area contributed by atoms with Gasteiger partial charge in [-0.3, -0.25) is 0 Å². The van der Waals surface area contributed by atoms with E-state index in [4.69, 9.17) is 10.8 Å². The predicted molar refractivity (Wildman–Crippen MR) is 55.7 cm³/mol. The van der Waals surface area contributed by atoms with Crippen LogP contribution in [0.2, 0.25) is 0 Å². The molecule has 0 unspecified atom stereocenters. The zero-order chi connectivity index (χ0) is 10.7. The van der Waals surface area contributed by atoms with E-state index >= 15 is 0 Å². The van der Waals surface area contributed by atoms with Crippen LogP contribution in [0.4, 0.5) is 8.78 Å². The van der Waals surface area contributed by atoms with Gasteiger partial charge in [0.1, 0.15) is 5.69 Å². The second-order valence-electron chi connectivity index (χ2n) is 2.63. The summed E-state index contributed by atoms with van der Waals surface area (Å²) in [5.74, 6) is 0. The molecule has 78 valence electrons. The van der Waals surface area contributed by atoms with Crippen LogP contribution in [-0.2, 0) is 13.2 Å². The van der Waals surface area contributed by atoms with Gasteiger partial charge in [-0.1, -0.05) is 0 Å². The largest absolute Gasteiger partial charge is 0.390 e. The Hall–Kier alpha value is -0.340. The van der Waals surface area contributed by atoms with Gasteiger partial charge in [0.15, 0.2) is 0 Å². The van der Waals surface area contributed by atoms with Crippen molar-refractivity contribution >= 4 is 22.6 Å². The lowest BCUT2D eigenvalue weighted by atomic mass is 10.2. The fourth-order valence-electron chi connectivity index (χ4n) is 1.04. The van der Waals surface area contributed by atoms with Crippen LogP contribution < -0.4 is 5.73 Å². The first-order valence-corrected chi connectivity index (χ1v) is 4.95. The molecule has 3 nitrogen and oxygen atoms in total. The van der Waals surface area contributed by atoms with E-state index in [1.54, 1.807) is 22.6 Å². The van der Waals surface area contributed by atoms with Crippen molar-refractivity contribution in [2.75, 3.05) is 0 Å². The summed E-state index contributed by atoms with van der Waals surface area (Å²) in [5.41, 5.74) is 5.88. The van der Waals surface area contributed by atoms with Crippen molar-refractivity contribution < 1.29 is 13.9 Å². The summed E-state index contributed by atoms with van der Waals surface area (Å²) >= 11 is 1.79. The number of alkyl halides is 2. The van der Waals surface area contributed by atoms with Gasteiger partial charge in [-0.2, -0.15) is 0 Å². The number of aliphatic hydroxyl groups excluding tert-OH is 1. The second-order valence-corrected chi connectivity index (χ2v) is 3.71. The van der Waals surface area contributed by atoms with Crippen LogP contribution in [0.1, 0.15) is 23.4 Å². The number of pyridine rings is 1. The summed E-state index contributed by atoms with van der Waals surface area (Å²) in [6.07, 6.45) is -2.64. The summed E-state index contributed by atoms with van der Waals surface area (Å²) < 4.78 is 25.3. The van der Waals surface area contributed by atoms with E-state index in [0.717, 1.165) is 0 Å². The maximum atomic E-state index is 12.5. The van der Waals surface area contributed by atoms with E-state index < -0.39 is 6.43 Å². The van der Waals surface area contributed by atoms with Crippen LogP contribution in [0.15, 0.2) is 6.07 Å². The van der Waals surface area contributed by atoms with Crippen molar-refractivity contribution in [2.45, 2.75) is 19.6 Å². The number of aromatic nitrogens is 1. The molecule has 0 saturated carbocycles. The van der Waals surface area contributed by atoms with E-state index in [-0.39, 0.29) is 24.5 Å². The molecule has 14 heavy (non-hydrogen) atoms. The van der Waals surface area contributed by atoms with Crippen molar-refractivity contribution in [3.05, 3.63) is 26.6 Å². The molecule has 0 fully saturated rings. The van der Waals surface area contributed by atoms with Crippen LogP contribution in [-0.4, -0.2) is 10.1 Å². The van der Waals surface area contributed by atoms with Crippen molar-refractivity contribution in [3.63, 3.8) is 0 Å². The molecular formula is C8H9F2IN2O. The average Bonchev–Trinajstić information content (AvgIpc) is 2.17. The minimum atomic E-state index is -2.64. The molecule has 1 aromatic heterocycles. The molecule has 0 aliphatic rings. The Labute approximate surface area is 93.5 Å². The second kappa shape index (κ2) is 4.94. The van der Waals surface area contributed by atoms with Crippen molar-refractivity contribution in [1.29, 1.82) is 0 Å².